The molecule has 5 heteroatoms. The first-order chi connectivity index (χ1) is 9.86. The molecule has 106 valence electrons. The number of para-hydroxylation sites is 1. The number of hydrazine groups is 1. The Labute approximate surface area is 118 Å². The van der Waals surface area contributed by atoms with Crippen LogP contribution in [0.5, 0.6) is 0 Å². The van der Waals surface area contributed by atoms with Gasteiger partial charge in [-0.1, -0.05) is 18.2 Å². The molecule has 1 fully saturated rings. The molecule has 0 bridgehead atoms. The van der Waals surface area contributed by atoms with Crippen LogP contribution in [-0.4, -0.2) is 24.3 Å². The summed E-state index contributed by atoms with van der Waals surface area (Å²) in [6.45, 7) is 1.95. The van der Waals surface area contributed by atoms with Crippen LogP contribution in [0.3, 0.4) is 0 Å². The Hall–Kier alpha value is -1.69. The molecular weight excluding hydrogens is 254 g/mol. The molecule has 2 heterocycles. The van der Waals surface area contributed by atoms with Crippen LogP contribution in [-0.2, 0) is 16.1 Å². The largest absolute Gasteiger partial charge is 0.376 e. The van der Waals surface area contributed by atoms with E-state index in [1.807, 2.05) is 24.3 Å². The van der Waals surface area contributed by atoms with Crippen LogP contribution >= 0.6 is 0 Å². The molecule has 1 atom stereocenters. The summed E-state index contributed by atoms with van der Waals surface area (Å²) >= 11 is 0. The number of nitrogens with zero attached hydrogens (tertiary/aromatic N) is 1. The normalized spacial score (nSPS) is 18.6. The molecule has 1 saturated heterocycles. The van der Waals surface area contributed by atoms with Crippen molar-refractivity contribution in [2.75, 3.05) is 18.6 Å². The molecule has 0 amide bonds. The van der Waals surface area contributed by atoms with Gasteiger partial charge in [-0.05, 0) is 25.0 Å². The number of anilines is 1. The second kappa shape index (κ2) is 6.17. The molecule has 20 heavy (non-hydrogen) atoms. The summed E-state index contributed by atoms with van der Waals surface area (Å²) in [5.41, 5.74) is 4.53. The smallest absolute Gasteiger partial charge is 0.146 e. The molecule has 0 saturated carbocycles. The Morgan fingerprint density at radius 2 is 2.30 bits per heavy atom. The summed E-state index contributed by atoms with van der Waals surface area (Å²) in [7, 11) is 0. The number of nitrogens with two attached hydrogens (primary N) is 1. The van der Waals surface area contributed by atoms with E-state index in [2.05, 4.69) is 16.5 Å². The van der Waals surface area contributed by atoms with E-state index in [1.165, 1.54) is 0 Å². The maximum absolute atomic E-state index is 5.73. The minimum absolute atomic E-state index is 0.234. The van der Waals surface area contributed by atoms with Gasteiger partial charge in [-0.2, -0.15) is 0 Å². The van der Waals surface area contributed by atoms with Gasteiger partial charge in [0.2, 0.25) is 0 Å². The number of ether oxygens (including phenoxy) is 2. The van der Waals surface area contributed by atoms with Crippen molar-refractivity contribution in [2.45, 2.75) is 25.6 Å². The van der Waals surface area contributed by atoms with Crippen molar-refractivity contribution in [2.24, 2.45) is 5.84 Å². The maximum Gasteiger partial charge on any atom is 0.146 e. The van der Waals surface area contributed by atoms with Gasteiger partial charge < -0.3 is 14.9 Å². The van der Waals surface area contributed by atoms with E-state index in [4.69, 9.17) is 15.3 Å². The van der Waals surface area contributed by atoms with Gasteiger partial charge in [-0.25, -0.2) is 10.8 Å². The number of rotatable bonds is 5. The topological polar surface area (TPSA) is 69.4 Å². The van der Waals surface area contributed by atoms with Crippen molar-refractivity contribution in [1.29, 1.82) is 0 Å². The molecule has 1 aromatic carbocycles. The molecule has 0 aliphatic carbocycles. The molecule has 3 N–H and O–H groups in total. The zero-order chi connectivity index (χ0) is 13.8. The van der Waals surface area contributed by atoms with Crippen molar-refractivity contribution in [3.63, 3.8) is 0 Å². The third kappa shape index (κ3) is 2.90. The first-order valence-electron chi connectivity index (χ1n) is 6.91. The summed E-state index contributed by atoms with van der Waals surface area (Å²) in [5, 5.41) is 1.09. The van der Waals surface area contributed by atoms with Crippen LogP contribution in [0.2, 0.25) is 0 Å². The number of nitrogen functional groups attached to an aromatic ring is 1. The Bertz CT molecular complexity index is 582. The second-order valence-corrected chi connectivity index (χ2v) is 4.98. The van der Waals surface area contributed by atoms with Crippen LogP contribution < -0.4 is 11.3 Å². The third-order valence-corrected chi connectivity index (χ3v) is 3.52. The van der Waals surface area contributed by atoms with E-state index in [0.29, 0.717) is 19.0 Å². The maximum atomic E-state index is 5.73. The molecule has 3 rings (SSSR count). The Morgan fingerprint density at radius 3 is 3.10 bits per heavy atom. The monoisotopic (exact) mass is 273 g/mol. The lowest BCUT2D eigenvalue weighted by Gasteiger charge is -2.13. The quantitative estimate of drug-likeness (QED) is 0.645. The van der Waals surface area contributed by atoms with E-state index >= 15 is 0 Å². The van der Waals surface area contributed by atoms with Crippen LogP contribution in [0.4, 0.5) is 5.82 Å². The van der Waals surface area contributed by atoms with Crippen molar-refractivity contribution in [1.82, 2.24) is 4.98 Å². The first kappa shape index (κ1) is 13.3. The predicted octanol–water partition coefficient (Wildman–Crippen LogP) is 2.22. The van der Waals surface area contributed by atoms with Gasteiger partial charge in [-0.3, -0.25) is 0 Å². The summed E-state index contributed by atoms with van der Waals surface area (Å²) in [6.07, 6.45) is 2.44. The summed E-state index contributed by atoms with van der Waals surface area (Å²) in [6, 6.07) is 10.0. The number of benzene rings is 1. The second-order valence-electron chi connectivity index (χ2n) is 4.98. The molecule has 1 unspecified atom stereocenters. The third-order valence-electron chi connectivity index (χ3n) is 3.52. The summed E-state index contributed by atoms with van der Waals surface area (Å²) in [5.74, 6) is 6.21. The van der Waals surface area contributed by atoms with Crippen molar-refractivity contribution < 1.29 is 9.47 Å². The molecule has 1 aromatic heterocycles. The highest BCUT2D eigenvalue weighted by Crippen LogP contribution is 2.21. The number of pyridine rings is 1. The van der Waals surface area contributed by atoms with Gasteiger partial charge in [0.15, 0.2) is 0 Å². The Kier molecular flexibility index (Phi) is 4.11. The Morgan fingerprint density at radius 1 is 1.40 bits per heavy atom. The number of nitrogens with one attached hydrogen (secondary N) is 1. The van der Waals surface area contributed by atoms with Crippen molar-refractivity contribution >= 4 is 16.7 Å². The van der Waals surface area contributed by atoms with E-state index in [1.54, 1.807) is 0 Å². The van der Waals surface area contributed by atoms with E-state index < -0.39 is 0 Å². The van der Waals surface area contributed by atoms with Crippen LogP contribution in [0.1, 0.15) is 18.4 Å². The average Bonchev–Trinajstić information content (AvgIpc) is 3.00. The summed E-state index contributed by atoms with van der Waals surface area (Å²) in [4.78, 5) is 4.50. The zero-order valence-corrected chi connectivity index (χ0v) is 11.3. The van der Waals surface area contributed by atoms with Gasteiger partial charge in [0, 0.05) is 17.6 Å². The average molecular weight is 273 g/mol. The predicted molar refractivity (Wildman–Crippen MR) is 78.2 cm³/mol. The summed E-state index contributed by atoms with van der Waals surface area (Å²) < 4.78 is 11.3. The Balaban J connectivity index is 1.72. The minimum Gasteiger partial charge on any atom is -0.376 e. The van der Waals surface area contributed by atoms with Crippen molar-refractivity contribution in [3.05, 3.63) is 35.9 Å². The number of hydrogen-bond acceptors (Lipinski definition) is 5. The first-order valence-corrected chi connectivity index (χ1v) is 6.91. The van der Waals surface area contributed by atoms with Crippen molar-refractivity contribution in [3.8, 4) is 0 Å². The lowest BCUT2D eigenvalue weighted by Crippen LogP contribution is -2.16. The fourth-order valence-electron chi connectivity index (χ4n) is 2.47. The van der Waals surface area contributed by atoms with Gasteiger partial charge >= 0.3 is 0 Å². The number of aromatic nitrogens is 1. The molecule has 1 aliphatic rings. The number of hydrogen-bond donors (Lipinski definition) is 2. The standard InChI is InChI=1S/C15H19N3O2/c16-18-15-12(9-19-10-13-5-3-7-20-13)8-11-4-1-2-6-14(11)17-15/h1-2,4,6,8,13H,3,5,7,9-10,16H2,(H,17,18). The highest BCUT2D eigenvalue weighted by Gasteiger charge is 2.15. The van der Waals surface area contributed by atoms with Crippen LogP contribution in [0, 0.1) is 0 Å². The van der Waals surface area contributed by atoms with Gasteiger partial charge in [0.25, 0.3) is 0 Å². The van der Waals surface area contributed by atoms with Crippen LogP contribution in [0.25, 0.3) is 10.9 Å². The van der Waals surface area contributed by atoms with E-state index in [0.717, 1.165) is 35.9 Å². The molecule has 0 radical (unpaired) electrons. The fraction of sp³-hybridized carbons (Fsp3) is 0.400. The van der Waals surface area contributed by atoms with Gasteiger partial charge in [0.1, 0.15) is 5.82 Å². The SMILES string of the molecule is NNc1nc2ccccc2cc1COCC1CCCO1. The van der Waals surface area contributed by atoms with E-state index in [9.17, 15) is 0 Å². The minimum atomic E-state index is 0.234. The molecular formula is C15H19N3O2. The zero-order valence-electron chi connectivity index (χ0n) is 11.3. The lowest BCUT2D eigenvalue weighted by atomic mass is 10.1. The fourth-order valence-corrected chi connectivity index (χ4v) is 2.47. The highest BCUT2D eigenvalue weighted by molar-refractivity contribution is 5.81. The van der Waals surface area contributed by atoms with E-state index in [-0.39, 0.29) is 6.10 Å². The highest BCUT2D eigenvalue weighted by atomic mass is 16.5. The molecule has 5 nitrogen and oxygen atoms in total. The van der Waals surface area contributed by atoms with Crippen LogP contribution in [0.15, 0.2) is 30.3 Å². The number of fused-ring (bicyclic) bond motifs is 1. The van der Waals surface area contributed by atoms with Gasteiger partial charge in [-0.15, -0.1) is 0 Å². The molecule has 0 spiro atoms. The molecule has 1 aliphatic heterocycles. The van der Waals surface area contributed by atoms with Gasteiger partial charge in [0.05, 0.1) is 24.8 Å². The molecule has 2 aromatic rings. The lowest BCUT2D eigenvalue weighted by molar-refractivity contribution is 0.0107.